The van der Waals surface area contributed by atoms with Crippen molar-refractivity contribution in [2.45, 2.75) is 63.0 Å². The Morgan fingerprint density at radius 1 is 1.29 bits per heavy atom. The van der Waals surface area contributed by atoms with Gasteiger partial charge in [-0.15, -0.1) is 0 Å². The molecule has 5 fully saturated rings. The number of rotatable bonds is 2. The third-order valence-corrected chi connectivity index (χ3v) is 6.25. The van der Waals surface area contributed by atoms with Gasteiger partial charge in [-0.05, 0) is 69.1 Å². The summed E-state index contributed by atoms with van der Waals surface area (Å²) in [7, 11) is 0. The summed E-state index contributed by atoms with van der Waals surface area (Å²) in [5, 5.41) is 23.3. The van der Waals surface area contributed by atoms with E-state index in [1.807, 2.05) is 6.19 Å². The Labute approximate surface area is 126 Å². The van der Waals surface area contributed by atoms with Crippen LogP contribution in [0.5, 0.6) is 0 Å². The van der Waals surface area contributed by atoms with Crippen LogP contribution in [0.25, 0.3) is 0 Å². The molecule has 5 aliphatic carbocycles. The summed E-state index contributed by atoms with van der Waals surface area (Å²) >= 11 is 0. The quantitative estimate of drug-likeness (QED) is 0.465. The third kappa shape index (κ3) is 2.36. The van der Waals surface area contributed by atoms with Crippen LogP contribution in [0.3, 0.4) is 0 Å². The molecule has 2 N–H and O–H groups in total. The second kappa shape index (κ2) is 4.98. The zero-order valence-electron chi connectivity index (χ0n) is 12.5. The van der Waals surface area contributed by atoms with E-state index in [4.69, 9.17) is 5.26 Å². The largest absolute Gasteiger partial charge is 0.390 e. The van der Waals surface area contributed by atoms with Crippen molar-refractivity contribution in [2.24, 2.45) is 28.7 Å². The van der Waals surface area contributed by atoms with E-state index in [-0.39, 0.29) is 5.60 Å². The van der Waals surface area contributed by atoms with Crippen molar-refractivity contribution in [2.75, 3.05) is 0 Å². The van der Waals surface area contributed by atoms with Crippen molar-refractivity contribution in [3.05, 3.63) is 6.42 Å². The van der Waals surface area contributed by atoms with Crippen LogP contribution in [0.1, 0.15) is 51.4 Å². The zero-order chi connectivity index (χ0) is 14.4. The van der Waals surface area contributed by atoms with Crippen LogP contribution in [-0.4, -0.2) is 22.6 Å². The first-order valence-corrected chi connectivity index (χ1v) is 8.46. The molecular formula is C17H24N3O. The fraction of sp³-hybridized carbons (Fsp3) is 0.824. The van der Waals surface area contributed by atoms with E-state index in [2.05, 4.69) is 16.7 Å². The van der Waals surface area contributed by atoms with E-state index >= 15 is 0 Å². The molecule has 3 unspecified atom stereocenters. The molecule has 0 spiro atoms. The van der Waals surface area contributed by atoms with Crippen molar-refractivity contribution in [1.82, 2.24) is 5.32 Å². The van der Waals surface area contributed by atoms with Gasteiger partial charge < -0.3 is 10.4 Å². The molecule has 5 rings (SSSR count). The lowest BCUT2D eigenvalue weighted by atomic mass is 9.52. The standard InChI is InChI=1S/C17H24N3O/c18-10-19-16(12-3-1-2-4-12)20-15-13-5-11-6-14(15)9-17(21,7-11)8-13/h3,11-15,21H,1-2,4-9H2,(H,19,20). The summed E-state index contributed by atoms with van der Waals surface area (Å²) in [5.74, 6) is 3.07. The van der Waals surface area contributed by atoms with Gasteiger partial charge in [0.15, 0.2) is 0 Å². The number of hydrogen-bond donors (Lipinski definition) is 2. The first kappa shape index (κ1) is 13.6. The summed E-state index contributed by atoms with van der Waals surface area (Å²) in [6.07, 6.45) is 13.1. The van der Waals surface area contributed by atoms with Crippen molar-refractivity contribution in [1.29, 1.82) is 5.26 Å². The number of aliphatic hydroxyl groups is 1. The van der Waals surface area contributed by atoms with Gasteiger partial charge in [-0.25, -0.2) is 0 Å². The topological polar surface area (TPSA) is 68.4 Å². The Morgan fingerprint density at radius 2 is 2.05 bits per heavy atom. The predicted molar refractivity (Wildman–Crippen MR) is 80.1 cm³/mol. The predicted octanol–water partition coefficient (Wildman–Crippen LogP) is 2.40. The summed E-state index contributed by atoms with van der Waals surface area (Å²) in [5.41, 5.74) is -0.388. The minimum atomic E-state index is -0.388. The lowest BCUT2D eigenvalue weighted by Gasteiger charge is -2.58. The van der Waals surface area contributed by atoms with Crippen LogP contribution >= 0.6 is 0 Å². The lowest BCUT2D eigenvalue weighted by molar-refractivity contribution is -0.136. The molecule has 0 aromatic heterocycles. The monoisotopic (exact) mass is 286 g/mol. The van der Waals surface area contributed by atoms with Crippen molar-refractivity contribution in [3.8, 4) is 6.19 Å². The number of amidine groups is 1. The highest BCUT2D eigenvalue weighted by molar-refractivity contribution is 5.87. The highest BCUT2D eigenvalue weighted by Gasteiger charge is 2.55. The van der Waals surface area contributed by atoms with Gasteiger partial charge in [-0.1, -0.05) is 6.42 Å². The Bertz CT molecular complexity index is 473. The summed E-state index contributed by atoms with van der Waals surface area (Å²) in [6.45, 7) is 0. The van der Waals surface area contributed by atoms with Crippen LogP contribution in [0.15, 0.2) is 4.99 Å². The van der Waals surface area contributed by atoms with Gasteiger partial charge in [0, 0.05) is 12.0 Å². The molecule has 5 saturated carbocycles. The van der Waals surface area contributed by atoms with Crippen LogP contribution in [0.4, 0.5) is 0 Å². The Balaban J connectivity index is 1.51. The fourth-order valence-corrected chi connectivity index (χ4v) is 5.69. The SMILES string of the molecule is N#CN=C(NC1C2CC3CC1CC(O)(C3)C2)C1[CH]CCC1. The number of nitriles is 1. The molecule has 0 saturated heterocycles. The number of nitrogens with zero attached hydrogens (tertiary/aromatic N) is 2. The van der Waals surface area contributed by atoms with Gasteiger partial charge in [-0.3, -0.25) is 0 Å². The number of aliphatic imine (C=N–C) groups is 1. The molecule has 4 bridgehead atoms. The molecule has 1 radical (unpaired) electrons. The lowest BCUT2D eigenvalue weighted by Crippen LogP contribution is -2.62. The van der Waals surface area contributed by atoms with E-state index in [0.29, 0.717) is 23.8 Å². The molecule has 113 valence electrons. The first-order chi connectivity index (χ1) is 10.2. The zero-order valence-corrected chi connectivity index (χ0v) is 12.5. The minimum absolute atomic E-state index is 0.338. The van der Waals surface area contributed by atoms with Crippen molar-refractivity contribution in [3.63, 3.8) is 0 Å². The van der Waals surface area contributed by atoms with E-state index in [9.17, 15) is 5.11 Å². The highest BCUT2D eigenvalue weighted by atomic mass is 16.3. The molecule has 4 heteroatoms. The maximum atomic E-state index is 10.7. The van der Waals surface area contributed by atoms with Crippen LogP contribution in [-0.2, 0) is 0 Å². The highest BCUT2D eigenvalue weighted by Crippen LogP contribution is 2.55. The fourth-order valence-electron chi connectivity index (χ4n) is 5.69. The summed E-state index contributed by atoms with van der Waals surface area (Å²) in [6, 6.07) is 0.419. The molecule has 3 atom stereocenters. The average molecular weight is 286 g/mol. The van der Waals surface area contributed by atoms with E-state index in [1.54, 1.807) is 0 Å². The maximum absolute atomic E-state index is 10.7. The average Bonchev–Trinajstić information content (AvgIpc) is 2.93. The Kier molecular flexibility index (Phi) is 3.22. The molecule has 0 aromatic carbocycles. The number of nitrogens with one attached hydrogen (secondary N) is 1. The van der Waals surface area contributed by atoms with E-state index in [1.165, 1.54) is 19.3 Å². The molecule has 0 aromatic rings. The molecule has 4 nitrogen and oxygen atoms in total. The van der Waals surface area contributed by atoms with Crippen LogP contribution in [0, 0.1) is 41.5 Å². The van der Waals surface area contributed by atoms with Gasteiger partial charge in [0.05, 0.1) is 5.60 Å². The Hall–Kier alpha value is -1.08. The first-order valence-electron chi connectivity index (χ1n) is 8.46. The Morgan fingerprint density at radius 3 is 2.62 bits per heavy atom. The van der Waals surface area contributed by atoms with Gasteiger partial charge in [-0.2, -0.15) is 10.3 Å². The van der Waals surface area contributed by atoms with Crippen LogP contribution < -0.4 is 5.32 Å². The maximum Gasteiger partial charge on any atom is 0.207 e. The second-order valence-electron chi connectivity index (χ2n) is 7.73. The van der Waals surface area contributed by atoms with Gasteiger partial charge in [0.2, 0.25) is 6.19 Å². The van der Waals surface area contributed by atoms with Crippen molar-refractivity contribution < 1.29 is 5.11 Å². The van der Waals surface area contributed by atoms with E-state index in [0.717, 1.165) is 43.9 Å². The molecule has 5 aliphatic rings. The molecule has 0 heterocycles. The van der Waals surface area contributed by atoms with Gasteiger partial charge in [0.25, 0.3) is 0 Å². The number of hydrogen-bond acceptors (Lipinski definition) is 3. The van der Waals surface area contributed by atoms with Gasteiger partial charge >= 0.3 is 0 Å². The summed E-state index contributed by atoms with van der Waals surface area (Å²) < 4.78 is 0. The molecule has 21 heavy (non-hydrogen) atoms. The smallest absolute Gasteiger partial charge is 0.207 e. The minimum Gasteiger partial charge on any atom is -0.390 e. The third-order valence-electron chi connectivity index (χ3n) is 6.25. The van der Waals surface area contributed by atoms with Crippen LogP contribution in [0.2, 0.25) is 0 Å². The van der Waals surface area contributed by atoms with Crippen molar-refractivity contribution >= 4 is 5.84 Å². The van der Waals surface area contributed by atoms with Gasteiger partial charge in [0.1, 0.15) is 5.84 Å². The normalized spacial score (nSPS) is 45.8. The summed E-state index contributed by atoms with van der Waals surface area (Å²) in [4.78, 5) is 4.09. The second-order valence-corrected chi connectivity index (χ2v) is 7.73. The molecular weight excluding hydrogens is 262 g/mol. The molecule has 0 aliphatic heterocycles. The molecule has 0 amide bonds. The van der Waals surface area contributed by atoms with E-state index < -0.39 is 0 Å².